The molecule has 0 spiro atoms. The average Bonchev–Trinajstić information content (AvgIpc) is 2.47. The number of aromatic nitrogens is 1. The maximum absolute atomic E-state index is 12.9. The Morgan fingerprint density at radius 3 is 2.57 bits per heavy atom. The van der Waals surface area contributed by atoms with E-state index in [1.165, 1.54) is 12.1 Å². The molecule has 0 aliphatic heterocycles. The van der Waals surface area contributed by atoms with Crippen molar-refractivity contribution in [2.45, 2.75) is 19.1 Å². The molecule has 0 fully saturated rings. The lowest BCUT2D eigenvalue weighted by Gasteiger charge is -2.14. The topological polar surface area (TPSA) is 48.1 Å². The van der Waals surface area contributed by atoms with E-state index in [1.54, 1.807) is 12.3 Å². The van der Waals surface area contributed by atoms with Gasteiger partial charge in [-0.05, 0) is 29.8 Å². The predicted octanol–water partition coefficient (Wildman–Crippen LogP) is 3.18. The van der Waals surface area contributed by atoms with Crippen molar-refractivity contribution in [1.29, 1.82) is 0 Å². The number of alkyl halides is 3. The first-order valence-electron chi connectivity index (χ1n) is 6.43. The molecule has 0 unspecified atom stereocenters. The lowest BCUT2D eigenvalue weighted by molar-refractivity contribution is -0.138. The van der Waals surface area contributed by atoms with Gasteiger partial charge in [0.2, 0.25) is 0 Å². The van der Waals surface area contributed by atoms with Crippen LogP contribution in [0.15, 0.2) is 42.6 Å². The smallest absolute Gasteiger partial charge is 0.416 e. The standard InChI is InChI=1S/C15H15F3N2O/c16-15(17,18)14-9-13(5-4-11(14)10-19)21-8-6-12-3-1-2-7-20-12/h1-5,7,9H,6,8,10,19H2. The zero-order chi connectivity index (χ0) is 15.3. The number of benzene rings is 1. The van der Waals surface area contributed by atoms with Gasteiger partial charge in [0.05, 0.1) is 12.2 Å². The lowest BCUT2D eigenvalue weighted by atomic mass is 10.1. The van der Waals surface area contributed by atoms with Crippen LogP contribution in [0.3, 0.4) is 0 Å². The minimum atomic E-state index is -4.44. The zero-order valence-corrected chi connectivity index (χ0v) is 11.2. The van der Waals surface area contributed by atoms with Gasteiger partial charge in [-0.2, -0.15) is 13.2 Å². The van der Waals surface area contributed by atoms with Gasteiger partial charge in [0.15, 0.2) is 0 Å². The van der Waals surface area contributed by atoms with Crippen LogP contribution in [0.5, 0.6) is 5.75 Å². The molecule has 2 rings (SSSR count). The Labute approximate surface area is 120 Å². The van der Waals surface area contributed by atoms with Gasteiger partial charge in [-0.15, -0.1) is 0 Å². The third kappa shape index (κ3) is 4.19. The van der Waals surface area contributed by atoms with Crippen LogP contribution in [-0.2, 0) is 19.1 Å². The Hall–Kier alpha value is -2.08. The normalized spacial score (nSPS) is 11.4. The highest BCUT2D eigenvalue weighted by Crippen LogP contribution is 2.34. The Bertz CT molecular complexity index is 585. The Kier molecular flexibility index (Phi) is 4.80. The van der Waals surface area contributed by atoms with Crippen molar-refractivity contribution in [3.63, 3.8) is 0 Å². The molecule has 1 aromatic heterocycles. The summed E-state index contributed by atoms with van der Waals surface area (Å²) in [4.78, 5) is 4.12. The van der Waals surface area contributed by atoms with Gasteiger partial charge in [-0.25, -0.2) is 0 Å². The summed E-state index contributed by atoms with van der Waals surface area (Å²) in [7, 11) is 0. The van der Waals surface area contributed by atoms with E-state index in [1.807, 2.05) is 12.1 Å². The number of halogens is 3. The van der Waals surface area contributed by atoms with Crippen LogP contribution in [0, 0.1) is 0 Å². The molecule has 21 heavy (non-hydrogen) atoms. The van der Waals surface area contributed by atoms with E-state index in [4.69, 9.17) is 10.5 Å². The van der Waals surface area contributed by atoms with Gasteiger partial charge in [0.1, 0.15) is 5.75 Å². The Morgan fingerprint density at radius 2 is 1.95 bits per heavy atom. The number of rotatable bonds is 5. The summed E-state index contributed by atoms with van der Waals surface area (Å²) in [5.41, 5.74) is 5.46. The fourth-order valence-corrected chi connectivity index (χ4v) is 1.91. The van der Waals surface area contributed by atoms with Crippen molar-refractivity contribution in [3.05, 3.63) is 59.4 Å². The number of pyridine rings is 1. The number of hydrogen-bond donors (Lipinski definition) is 1. The second-order valence-corrected chi connectivity index (χ2v) is 4.44. The average molecular weight is 296 g/mol. The molecule has 0 aliphatic carbocycles. The van der Waals surface area contributed by atoms with Crippen molar-refractivity contribution in [2.24, 2.45) is 5.73 Å². The first-order chi connectivity index (χ1) is 10.0. The molecule has 0 saturated carbocycles. The molecule has 0 radical (unpaired) electrons. The van der Waals surface area contributed by atoms with E-state index in [2.05, 4.69) is 4.98 Å². The minimum absolute atomic E-state index is 0.0552. The predicted molar refractivity (Wildman–Crippen MR) is 72.8 cm³/mol. The molecule has 0 aliphatic rings. The largest absolute Gasteiger partial charge is 0.493 e. The molecule has 1 aromatic carbocycles. The highest BCUT2D eigenvalue weighted by Gasteiger charge is 2.33. The number of hydrogen-bond acceptors (Lipinski definition) is 3. The number of nitrogens with zero attached hydrogens (tertiary/aromatic N) is 1. The van der Waals surface area contributed by atoms with E-state index in [0.717, 1.165) is 11.8 Å². The van der Waals surface area contributed by atoms with Crippen molar-refractivity contribution in [3.8, 4) is 5.75 Å². The molecular formula is C15H15F3N2O. The third-order valence-electron chi connectivity index (χ3n) is 2.96. The molecule has 6 heteroatoms. The van der Waals surface area contributed by atoms with Crippen molar-refractivity contribution >= 4 is 0 Å². The molecule has 0 saturated heterocycles. The molecule has 0 bridgehead atoms. The fourth-order valence-electron chi connectivity index (χ4n) is 1.91. The molecule has 112 valence electrons. The van der Waals surface area contributed by atoms with Crippen LogP contribution in [0.1, 0.15) is 16.8 Å². The van der Waals surface area contributed by atoms with Crippen LogP contribution >= 0.6 is 0 Å². The van der Waals surface area contributed by atoms with Gasteiger partial charge in [0, 0.05) is 24.9 Å². The number of ether oxygens (including phenoxy) is 1. The number of nitrogens with two attached hydrogens (primary N) is 1. The summed E-state index contributed by atoms with van der Waals surface area (Å²) in [5, 5.41) is 0. The van der Waals surface area contributed by atoms with Crippen LogP contribution in [-0.4, -0.2) is 11.6 Å². The summed E-state index contributed by atoms with van der Waals surface area (Å²) in [6, 6.07) is 9.31. The fraction of sp³-hybridized carbons (Fsp3) is 0.267. The highest BCUT2D eigenvalue weighted by atomic mass is 19.4. The van der Waals surface area contributed by atoms with E-state index in [-0.39, 0.29) is 24.5 Å². The van der Waals surface area contributed by atoms with Crippen LogP contribution in [0.4, 0.5) is 13.2 Å². The maximum atomic E-state index is 12.9. The van der Waals surface area contributed by atoms with Crippen LogP contribution in [0.2, 0.25) is 0 Å². The van der Waals surface area contributed by atoms with Gasteiger partial charge in [0.25, 0.3) is 0 Å². The molecule has 2 aromatic rings. The highest BCUT2D eigenvalue weighted by molar-refractivity contribution is 5.37. The Morgan fingerprint density at radius 1 is 1.14 bits per heavy atom. The summed E-state index contributed by atoms with van der Waals surface area (Å²) >= 11 is 0. The van der Waals surface area contributed by atoms with Crippen molar-refractivity contribution in [2.75, 3.05) is 6.61 Å². The second kappa shape index (κ2) is 6.58. The summed E-state index contributed by atoms with van der Waals surface area (Å²) < 4.78 is 44.0. The molecular weight excluding hydrogens is 281 g/mol. The summed E-state index contributed by atoms with van der Waals surface area (Å²) in [5.74, 6) is 0.176. The van der Waals surface area contributed by atoms with Gasteiger partial charge >= 0.3 is 6.18 Å². The van der Waals surface area contributed by atoms with E-state index < -0.39 is 11.7 Å². The van der Waals surface area contributed by atoms with Gasteiger partial charge in [-0.1, -0.05) is 12.1 Å². The van der Waals surface area contributed by atoms with E-state index >= 15 is 0 Å². The van der Waals surface area contributed by atoms with Gasteiger partial charge < -0.3 is 10.5 Å². The molecule has 2 N–H and O–H groups in total. The van der Waals surface area contributed by atoms with E-state index in [0.29, 0.717) is 6.42 Å². The second-order valence-electron chi connectivity index (χ2n) is 4.44. The zero-order valence-electron chi connectivity index (χ0n) is 11.2. The molecule has 0 amide bonds. The SMILES string of the molecule is NCc1ccc(OCCc2ccccn2)cc1C(F)(F)F. The third-order valence-corrected chi connectivity index (χ3v) is 2.96. The van der Waals surface area contributed by atoms with Crippen molar-refractivity contribution < 1.29 is 17.9 Å². The quantitative estimate of drug-likeness (QED) is 0.922. The summed E-state index contributed by atoms with van der Waals surface area (Å²) in [6.07, 6.45) is -2.25. The van der Waals surface area contributed by atoms with Crippen molar-refractivity contribution in [1.82, 2.24) is 4.98 Å². The lowest BCUT2D eigenvalue weighted by Crippen LogP contribution is -2.12. The molecule has 0 atom stereocenters. The van der Waals surface area contributed by atoms with E-state index in [9.17, 15) is 13.2 Å². The summed E-state index contributed by atoms with van der Waals surface area (Å²) in [6.45, 7) is 0.0966. The van der Waals surface area contributed by atoms with Gasteiger partial charge in [-0.3, -0.25) is 4.98 Å². The monoisotopic (exact) mass is 296 g/mol. The molecule has 3 nitrogen and oxygen atoms in total. The first kappa shape index (κ1) is 15.3. The minimum Gasteiger partial charge on any atom is -0.493 e. The first-order valence-corrected chi connectivity index (χ1v) is 6.43. The Balaban J connectivity index is 2.04. The van der Waals surface area contributed by atoms with Crippen LogP contribution in [0.25, 0.3) is 0 Å². The van der Waals surface area contributed by atoms with Crippen LogP contribution < -0.4 is 10.5 Å². The maximum Gasteiger partial charge on any atom is 0.416 e. The molecule has 1 heterocycles.